The summed E-state index contributed by atoms with van der Waals surface area (Å²) >= 11 is 0. The normalized spacial score (nSPS) is 10.6. The molecule has 0 radical (unpaired) electrons. The average Bonchev–Trinajstić information content (AvgIpc) is 2.86. The highest BCUT2D eigenvalue weighted by molar-refractivity contribution is 5.38. The summed E-state index contributed by atoms with van der Waals surface area (Å²) in [5.74, 6) is 0.740. The number of aromatic nitrogens is 5. The van der Waals surface area contributed by atoms with Gasteiger partial charge in [-0.05, 0) is 6.07 Å². The van der Waals surface area contributed by atoms with Crippen LogP contribution in [0.2, 0.25) is 0 Å². The third-order valence-electron chi connectivity index (χ3n) is 2.38. The smallest absolute Gasteiger partial charge is 0.155 e. The molecular formula is C11H10N6. The molecule has 0 spiro atoms. The van der Waals surface area contributed by atoms with E-state index < -0.39 is 0 Å². The molecule has 0 atom stereocenters. The fourth-order valence-corrected chi connectivity index (χ4v) is 1.59. The van der Waals surface area contributed by atoms with E-state index in [0.717, 1.165) is 17.2 Å². The van der Waals surface area contributed by atoms with Crippen LogP contribution in [-0.2, 0) is 6.54 Å². The molecule has 0 unspecified atom stereocenters. The van der Waals surface area contributed by atoms with Crippen LogP contribution in [0.3, 0.4) is 0 Å². The van der Waals surface area contributed by atoms with Crippen LogP contribution in [0, 0.1) is 0 Å². The van der Waals surface area contributed by atoms with Crippen molar-refractivity contribution in [2.75, 3.05) is 5.32 Å². The van der Waals surface area contributed by atoms with Gasteiger partial charge in [0.25, 0.3) is 0 Å². The third kappa shape index (κ3) is 1.92. The van der Waals surface area contributed by atoms with Crippen molar-refractivity contribution in [2.24, 2.45) is 0 Å². The van der Waals surface area contributed by atoms with Gasteiger partial charge in [0, 0.05) is 24.7 Å². The molecule has 3 rings (SSSR count). The van der Waals surface area contributed by atoms with E-state index in [0.29, 0.717) is 6.54 Å². The van der Waals surface area contributed by atoms with Crippen molar-refractivity contribution in [1.29, 1.82) is 0 Å². The number of nitrogens with zero attached hydrogens (tertiary/aromatic N) is 5. The molecule has 0 aliphatic carbocycles. The Hall–Kier alpha value is -2.50. The second-order valence-electron chi connectivity index (χ2n) is 3.48. The molecule has 0 aliphatic rings. The number of hydrogen-bond donors (Lipinski definition) is 1. The maximum absolute atomic E-state index is 4.21. The van der Waals surface area contributed by atoms with Crippen LogP contribution in [0.4, 0.5) is 5.82 Å². The molecule has 84 valence electrons. The Balaban J connectivity index is 1.84. The van der Waals surface area contributed by atoms with Crippen LogP contribution in [0.1, 0.15) is 5.69 Å². The Morgan fingerprint density at radius 1 is 1.06 bits per heavy atom. The van der Waals surface area contributed by atoms with Gasteiger partial charge < -0.3 is 5.32 Å². The molecule has 6 nitrogen and oxygen atoms in total. The van der Waals surface area contributed by atoms with Crippen LogP contribution < -0.4 is 5.32 Å². The first-order chi connectivity index (χ1) is 8.43. The lowest BCUT2D eigenvalue weighted by atomic mass is 10.4. The Morgan fingerprint density at radius 3 is 2.94 bits per heavy atom. The largest absolute Gasteiger partial charge is 0.363 e. The summed E-state index contributed by atoms with van der Waals surface area (Å²) in [6.07, 6.45) is 8.47. The predicted molar refractivity (Wildman–Crippen MR) is 62.3 cm³/mol. The molecule has 0 fully saturated rings. The van der Waals surface area contributed by atoms with Gasteiger partial charge in [-0.25, -0.2) is 14.5 Å². The highest BCUT2D eigenvalue weighted by atomic mass is 15.3. The number of nitrogens with one attached hydrogen (secondary N) is 1. The Bertz CT molecular complexity index is 618. The van der Waals surface area contributed by atoms with Gasteiger partial charge in [0.2, 0.25) is 0 Å². The van der Waals surface area contributed by atoms with E-state index in [1.165, 1.54) is 0 Å². The molecule has 1 N–H and O–H groups in total. The fraction of sp³-hybridized carbons (Fsp3) is 0.0909. The highest BCUT2D eigenvalue weighted by Crippen LogP contribution is 2.05. The molecule has 3 heterocycles. The molecule has 0 aliphatic heterocycles. The van der Waals surface area contributed by atoms with Crippen molar-refractivity contribution in [2.45, 2.75) is 6.54 Å². The van der Waals surface area contributed by atoms with Crippen molar-refractivity contribution >= 4 is 11.5 Å². The van der Waals surface area contributed by atoms with Crippen molar-refractivity contribution < 1.29 is 0 Å². The van der Waals surface area contributed by atoms with Crippen LogP contribution >= 0.6 is 0 Å². The number of anilines is 1. The SMILES string of the molecule is c1cnc(NCc2ccnc3ccnn23)cn1. The summed E-state index contributed by atoms with van der Waals surface area (Å²) < 4.78 is 1.80. The summed E-state index contributed by atoms with van der Waals surface area (Å²) in [6, 6.07) is 3.79. The second-order valence-corrected chi connectivity index (χ2v) is 3.48. The molecule has 3 aromatic heterocycles. The molecule has 3 aromatic rings. The Morgan fingerprint density at radius 2 is 2.06 bits per heavy atom. The van der Waals surface area contributed by atoms with Crippen LogP contribution in [0.5, 0.6) is 0 Å². The molecule has 0 saturated carbocycles. The van der Waals surface area contributed by atoms with Crippen LogP contribution in [0.25, 0.3) is 5.65 Å². The van der Waals surface area contributed by atoms with Crippen LogP contribution in [0.15, 0.2) is 43.1 Å². The minimum atomic E-state index is 0.624. The predicted octanol–water partition coefficient (Wildman–Crippen LogP) is 1.13. The van der Waals surface area contributed by atoms with Gasteiger partial charge in [-0.1, -0.05) is 0 Å². The molecule has 0 bridgehead atoms. The molecule has 0 saturated heterocycles. The van der Waals surface area contributed by atoms with E-state index in [-0.39, 0.29) is 0 Å². The summed E-state index contributed by atoms with van der Waals surface area (Å²) in [5, 5.41) is 7.39. The van der Waals surface area contributed by atoms with Gasteiger partial charge in [0.05, 0.1) is 24.6 Å². The second kappa shape index (κ2) is 4.17. The lowest BCUT2D eigenvalue weighted by molar-refractivity contribution is 0.851. The van der Waals surface area contributed by atoms with Crippen molar-refractivity contribution in [3.8, 4) is 0 Å². The van der Waals surface area contributed by atoms with E-state index in [1.807, 2.05) is 12.1 Å². The van der Waals surface area contributed by atoms with Gasteiger partial charge in [0.1, 0.15) is 5.82 Å². The first-order valence-electron chi connectivity index (χ1n) is 5.21. The first-order valence-corrected chi connectivity index (χ1v) is 5.21. The van der Waals surface area contributed by atoms with Crippen molar-refractivity contribution in [1.82, 2.24) is 24.6 Å². The number of hydrogen-bond acceptors (Lipinski definition) is 5. The summed E-state index contributed by atoms with van der Waals surface area (Å²) in [4.78, 5) is 12.3. The molecule has 6 heteroatoms. The topological polar surface area (TPSA) is 68.0 Å². The zero-order valence-corrected chi connectivity index (χ0v) is 8.98. The Kier molecular flexibility index (Phi) is 2.38. The van der Waals surface area contributed by atoms with Gasteiger partial charge >= 0.3 is 0 Å². The standard InChI is InChI=1S/C11H10N6/c1-3-14-11-2-4-16-17(11)9(1)7-15-10-8-12-5-6-13-10/h1-6,8H,7H2,(H,13,15). The van der Waals surface area contributed by atoms with Gasteiger partial charge in [-0.15, -0.1) is 0 Å². The number of rotatable bonds is 3. The average molecular weight is 226 g/mol. The zero-order valence-electron chi connectivity index (χ0n) is 8.98. The van der Waals surface area contributed by atoms with E-state index in [1.54, 1.807) is 35.5 Å². The molecule has 0 amide bonds. The Labute approximate surface area is 97.4 Å². The summed E-state index contributed by atoms with van der Waals surface area (Å²) in [7, 11) is 0. The van der Waals surface area contributed by atoms with Gasteiger partial charge in [-0.3, -0.25) is 4.98 Å². The maximum Gasteiger partial charge on any atom is 0.155 e. The van der Waals surface area contributed by atoms with Gasteiger partial charge in [-0.2, -0.15) is 5.10 Å². The highest BCUT2D eigenvalue weighted by Gasteiger charge is 2.01. The summed E-state index contributed by atoms with van der Waals surface area (Å²) in [5.41, 5.74) is 1.86. The van der Waals surface area contributed by atoms with E-state index >= 15 is 0 Å². The minimum absolute atomic E-state index is 0.624. The van der Waals surface area contributed by atoms with Crippen molar-refractivity contribution in [3.63, 3.8) is 0 Å². The first kappa shape index (κ1) is 9.71. The fourth-order valence-electron chi connectivity index (χ4n) is 1.59. The molecule has 17 heavy (non-hydrogen) atoms. The lowest BCUT2D eigenvalue weighted by Crippen LogP contribution is -2.07. The number of fused-ring (bicyclic) bond motifs is 1. The minimum Gasteiger partial charge on any atom is -0.363 e. The lowest BCUT2D eigenvalue weighted by Gasteiger charge is -2.06. The quantitative estimate of drug-likeness (QED) is 0.725. The van der Waals surface area contributed by atoms with E-state index in [2.05, 4.69) is 25.4 Å². The van der Waals surface area contributed by atoms with Crippen LogP contribution in [-0.4, -0.2) is 24.6 Å². The van der Waals surface area contributed by atoms with Crippen molar-refractivity contribution in [3.05, 3.63) is 48.8 Å². The zero-order chi connectivity index (χ0) is 11.5. The monoisotopic (exact) mass is 226 g/mol. The van der Waals surface area contributed by atoms with E-state index in [4.69, 9.17) is 0 Å². The third-order valence-corrected chi connectivity index (χ3v) is 2.38. The molecular weight excluding hydrogens is 216 g/mol. The summed E-state index contributed by atoms with van der Waals surface area (Å²) in [6.45, 7) is 0.624. The molecule has 0 aromatic carbocycles. The maximum atomic E-state index is 4.21. The van der Waals surface area contributed by atoms with Gasteiger partial charge in [0.15, 0.2) is 5.65 Å². The van der Waals surface area contributed by atoms with E-state index in [9.17, 15) is 0 Å².